The molecule has 0 amide bonds. The van der Waals surface area contributed by atoms with E-state index in [4.69, 9.17) is 0 Å². The summed E-state index contributed by atoms with van der Waals surface area (Å²) in [7, 11) is -4.43. The van der Waals surface area contributed by atoms with Crippen molar-refractivity contribution < 1.29 is 17.2 Å². The van der Waals surface area contributed by atoms with Gasteiger partial charge in [-0.15, -0.1) is 10.2 Å². The van der Waals surface area contributed by atoms with E-state index in [1.54, 1.807) is 28.9 Å². The minimum absolute atomic E-state index is 0.143. The Balaban J connectivity index is 1.47. The molecular weight excluding hydrogens is 450 g/mol. The summed E-state index contributed by atoms with van der Waals surface area (Å²) in [4.78, 5) is -1.03. The summed E-state index contributed by atoms with van der Waals surface area (Å²) >= 11 is 0. The molecule has 2 heterocycles. The van der Waals surface area contributed by atoms with Gasteiger partial charge in [0, 0.05) is 17.1 Å². The van der Waals surface area contributed by atoms with Gasteiger partial charge in [-0.3, -0.25) is 4.72 Å². The van der Waals surface area contributed by atoms with E-state index in [0.29, 0.717) is 17.3 Å². The Hall–Kier alpha value is -3.86. The van der Waals surface area contributed by atoms with Crippen molar-refractivity contribution in [3.8, 4) is 5.82 Å². The number of anilines is 3. The Labute approximate surface area is 189 Å². The number of benzene rings is 2. The van der Waals surface area contributed by atoms with Crippen LogP contribution in [0, 0.1) is 32.4 Å². The molecule has 0 saturated heterocycles. The second kappa shape index (κ2) is 8.58. The maximum Gasteiger partial charge on any atom is 0.267 e. The summed E-state index contributed by atoms with van der Waals surface area (Å²) in [5.41, 5.74) is 3.75. The zero-order chi connectivity index (χ0) is 23.8. The molecule has 0 radical (unpaired) electrons. The smallest absolute Gasteiger partial charge is 0.267 e. The van der Waals surface area contributed by atoms with Gasteiger partial charge in [0.15, 0.2) is 16.5 Å². The van der Waals surface area contributed by atoms with Crippen LogP contribution in [0.5, 0.6) is 0 Å². The summed E-state index contributed by atoms with van der Waals surface area (Å²) in [5.74, 6) is -1.28. The normalized spacial score (nSPS) is 11.4. The van der Waals surface area contributed by atoms with Gasteiger partial charge in [-0.2, -0.15) is 5.10 Å². The highest BCUT2D eigenvalue weighted by Gasteiger charge is 2.23. The second-order valence-corrected chi connectivity index (χ2v) is 8.96. The number of aryl methyl sites for hydroxylation is 1. The highest BCUT2D eigenvalue weighted by Crippen LogP contribution is 2.24. The van der Waals surface area contributed by atoms with E-state index < -0.39 is 26.6 Å². The van der Waals surface area contributed by atoms with Crippen molar-refractivity contribution in [1.29, 1.82) is 0 Å². The highest BCUT2D eigenvalue weighted by atomic mass is 32.2. The molecule has 170 valence electrons. The Bertz CT molecular complexity index is 1400. The maximum absolute atomic E-state index is 13.8. The van der Waals surface area contributed by atoms with E-state index in [-0.39, 0.29) is 5.69 Å². The highest BCUT2D eigenvalue weighted by molar-refractivity contribution is 7.92. The summed E-state index contributed by atoms with van der Waals surface area (Å²) in [6.07, 6.45) is 0. The number of nitrogens with one attached hydrogen (secondary N) is 2. The molecule has 11 heteroatoms. The SMILES string of the molecule is Cc1nn(-c2ccc(Nc3ccc(NS(=O)(=O)c4c(F)cccc4F)cc3)nn2)c(C)c1C. The summed E-state index contributed by atoms with van der Waals surface area (Å²) in [5, 5.41) is 15.9. The molecule has 0 saturated carbocycles. The van der Waals surface area contributed by atoms with Crippen molar-refractivity contribution in [1.82, 2.24) is 20.0 Å². The number of aromatic nitrogens is 4. The van der Waals surface area contributed by atoms with Crippen molar-refractivity contribution in [3.63, 3.8) is 0 Å². The average molecular weight is 471 g/mol. The van der Waals surface area contributed by atoms with Gasteiger partial charge in [-0.05, 0) is 74.9 Å². The second-order valence-electron chi connectivity index (χ2n) is 7.34. The van der Waals surface area contributed by atoms with Crippen LogP contribution in [-0.2, 0) is 10.0 Å². The van der Waals surface area contributed by atoms with Crippen LogP contribution in [-0.4, -0.2) is 28.4 Å². The lowest BCUT2D eigenvalue weighted by atomic mass is 10.2. The standard InChI is InChI=1S/C22H20F2N6O2S/c1-13-14(2)28-30(15(13)3)21-12-11-20(26-27-21)25-16-7-9-17(10-8-16)29-33(31,32)22-18(23)5-4-6-19(22)24/h4-12,29H,1-3H3,(H,25,26). The van der Waals surface area contributed by atoms with Gasteiger partial charge in [0.2, 0.25) is 0 Å². The van der Waals surface area contributed by atoms with Crippen LogP contribution in [0.25, 0.3) is 5.82 Å². The number of nitrogens with zero attached hydrogens (tertiary/aromatic N) is 4. The zero-order valence-electron chi connectivity index (χ0n) is 18.0. The van der Waals surface area contributed by atoms with Crippen LogP contribution in [0.2, 0.25) is 0 Å². The molecule has 0 spiro atoms. The van der Waals surface area contributed by atoms with E-state index in [1.165, 1.54) is 12.1 Å². The first-order chi connectivity index (χ1) is 15.7. The third-order valence-corrected chi connectivity index (χ3v) is 6.55. The van der Waals surface area contributed by atoms with Crippen molar-refractivity contribution >= 4 is 27.2 Å². The first-order valence-corrected chi connectivity index (χ1v) is 11.3. The lowest BCUT2D eigenvalue weighted by Gasteiger charge is -2.11. The molecule has 4 aromatic rings. The fourth-order valence-electron chi connectivity index (χ4n) is 3.16. The molecule has 0 aliphatic heterocycles. The Kier molecular flexibility index (Phi) is 5.81. The predicted octanol–water partition coefficient (Wildman–Crippen LogP) is 4.41. The van der Waals surface area contributed by atoms with Crippen LogP contribution in [0.3, 0.4) is 0 Å². The van der Waals surface area contributed by atoms with E-state index in [9.17, 15) is 17.2 Å². The third kappa shape index (κ3) is 4.53. The summed E-state index contributed by atoms with van der Waals surface area (Å²) < 4.78 is 56.4. The Morgan fingerprint density at radius 2 is 1.48 bits per heavy atom. The third-order valence-electron chi connectivity index (χ3n) is 5.12. The molecule has 2 aromatic heterocycles. The monoisotopic (exact) mass is 470 g/mol. The molecule has 4 rings (SSSR count). The predicted molar refractivity (Wildman–Crippen MR) is 120 cm³/mol. The molecule has 33 heavy (non-hydrogen) atoms. The van der Waals surface area contributed by atoms with E-state index in [1.807, 2.05) is 20.8 Å². The topological polar surface area (TPSA) is 102 Å². The quantitative estimate of drug-likeness (QED) is 0.433. The molecule has 0 unspecified atom stereocenters. The Morgan fingerprint density at radius 1 is 0.848 bits per heavy atom. The summed E-state index contributed by atoms with van der Waals surface area (Å²) in [6, 6.07) is 12.5. The number of rotatable bonds is 6. The van der Waals surface area contributed by atoms with Crippen LogP contribution in [0.15, 0.2) is 59.5 Å². The van der Waals surface area contributed by atoms with Gasteiger partial charge in [-0.1, -0.05) is 6.07 Å². The minimum Gasteiger partial charge on any atom is -0.339 e. The number of sulfonamides is 1. The van der Waals surface area contributed by atoms with E-state index in [2.05, 4.69) is 25.3 Å². The van der Waals surface area contributed by atoms with Gasteiger partial charge in [0.1, 0.15) is 11.6 Å². The number of hydrogen-bond acceptors (Lipinski definition) is 6. The summed E-state index contributed by atoms with van der Waals surface area (Å²) in [6.45, 7) is 5.88. The van der Waals surface area contributed by atoms with Gasteiger partial charge in [0.05, 0.1) is 5.69 Å². The van der Waals surface area contributed by atoms with Crippen molar-refractivity contribution in [2.75, 3.05) is 10.0 Å². The van der Waals surface area contributed by atoms with Gasteiger partial charge < -0.3 is 5.32 Å². The van der Waals surface area contributed by atoms with Gasteiger partial charge in [-0.25, -0.2) is 21.9 Å². The number of halogens is 2. The van der Waals surface area contributed by atoms with E-state index >= 15 is 0 Å². The first kappa shape index (κ1) is 22.3. The van der Waals surface area contributed by atoms with Crippen LogP contribution >= 0.6 is 0 Å². The van der Waals surface area contributed by atoms with Gasteiger partial charge in [0.25, 0.3) is 10.0 Å². The van der Waals surface area contributed by atoms with Crippen LogP contribution < -0.4 is 10.0 Å². The van der Waals surface area contributed by atoms with Crippen LogP contribution in [0.1, 0.15) is 17.0 Å². The molecule has 2 aromatic carbocycles. The largest absolute Gasteiger partial charge is 0.339 e. The molecule has 0 fully saturated rings. The molecule has 0 atom stereocenters. The minimum atomic E-state index is -4.43. The zero-order valence-corrected chi connectivity index (χ0v) is 18.8. The number of hydrogen-bond donors (Lipinski definition) is 2. The fraction of sp³-hybridized carbons (Fsp3) is 0.136. The van der Waals surface area contributed by atoms with Crippen LogP contribution in [0.4, 0.5) is 26.0 Å². The molecule has 0 aliphatic carbocycles. The van der Waals surface area contributed by atoms with E-state index in [0.717, 1.165) is 35.2 Å². The average Bonchev–Trinajstić information content (AvgIpc) is 3.02. The molecule has 2 N–H and O–H groups in total. The molecule has 0 bridgehead atoms. The first-order valence-electron chi connectivity index (χ1n) is 9.86. The molecular formula is C22H20F2N6O2S. The lowest BCUT2D eigenvalue weighted by Crippen LogP contribution is -2.16. The molecule has 0 aliphatic rings. The fourth-order valence-corrected chi connectivity index (χ4v) is 4.36. The maximum atomic E-state index is 13.8. The van der Waals surface area contributed by atoms with Gasteiger partial charge >= 0.3 is 0 Å². The van der Waals surface area contributed by atoms with Crippen molar-refractivity contribution in [3.05, 3.63) is 83.2 Å². The molecule has 8 nitrogen and oxygen atoms in total. The Morgan fingerprint density at radius 3 is 2.03 bits per heavy atom. The van der Waals surface area contributed by atoms with Crippen molar-refractivity contribution in [2.24, 2.45) is 0 Å². The lowest BCUT2D eigenvalue weighted by molar-refractivity contribution is 0.521. The van der Waals surface area contributed by atoms with Crippen molar-refractivity contribution in [2.45, 2.75) is 25.7 Å².